The maximum atomic E-state index is 6.69. The molecule has 0 aromatic carbocycles. The van der Waals surface area contributed by atoms with E-state index in [2.05, 4.69) is 37.8 Å². The fourth-order valence-corrected chi connectivity index (χ4v) is 4.31. The van der Waals surface area contributed by atoms with Gasteiger partial charge in [-0.1, -0.05) is 27.7 Å². The van der Waals surface area contributed by atoms with Crippen LogP contribution < -0.4 is 5.73 Å². The fraction of sp³-hybridized carbons (Fsp3) is 0.857. The van der Waals surface area contributed by atoms with E-state index in [0.29, 0.717) is 10.8 Å². The summed E-state index contributed by atoms with van der Waals surface area (Å²) in [6, 6.07) is 0. The maximum Gasteiger partial charge on any atom is 0.138 e. The Bertz CT molecular complexity index is 415. The van der Waals surface area contributed by atoms with Crippen molar-refractivity contribution < 1.29 is 0 Å². The maximum absolute atomic E-state index is 6.69. The van der Waals surface area contributed by atoms with E-state index in [1.807, 2.05) is 11.7 Å². The van der Waals surface area contributed by atoms with Crippen LogP contribution in [0.2, 0.25) is 0 Å². The Hall–Kier alpha value is -0.900. The molecule has 1 aliphatic rings. The molecule has 0 aliphatic heterocycles. The molecule has 0 radical (unpaired) electrons. The van der Waals surface area contributed by atoms with Crippen molar-refractivity contribution in [2.24, 2.45) is 23.6 Å². The zero-order valence-corrected chi connectivity index (χ0v) is 12.3. The van der Waals surface area contributed by atoms with E-state index in [9.17, 15) is 0 Å². The molecule has 0 unspecified atom stereocenters. The van der Waals surface area contributed by atoms with E-state index < -0.39 is 0 Å². The highest BCUT2D eigenvalue weighted by molar-refractivity contribution is 5.05. The molecule has 1 aliphatic carbocycles. The van der Waals surface area contributed by atoms with Crippen molar-refractivity contribution in [3.05, 3.63) is 12.2 Å². The van der Waals surface area contributed by atoms with Gasteiger partial charge in [-0.25, -0.2) is 4.98 Å². The van der Waals surface area contributed by atoms with E-state index in [1.54, 1.807) is 6.33 Å². The van der Waals surface area contributed by atoms with Gasteiger partial charge >= 0.3 is 0 Å². The molecule has 2 rings (SSSR count). The van der Waals surface area contributed by atoms with Crippen LogP contribution in [0.1, 0.15) is 52.8 Å². The molecule has 0 spiro atoms. The summed E-state index contributed by atoms with van der Waals surface area (Å²) >= 11 is 0. The Kier molecular flexibility index (Phi) is 3.05. The number of nitrogens with zero attached hydrogens (tertiary/aromatic N) is 3. The number of hydrogen-bond donors (Lipinski definition) is 1. The zero-order chi connectivity index (χ0) is 13.6. The van der Waals surface area contributed by atoms with Crippen molar-refractivity contribution in [1.29, 1.82) is 0 Å². The van der Waals surface area contributed by atoms with Gasteiger partial charge in [0.25, 0.3) is 0 Å². The van der Waals surface area contributed by atoms with Crippen LogP contribution in [0.5, 0.6) is 0 Å². The summed E-state index contributed by atoms with van der Waals surface area (Å²) in [6.45, 7) is 9.30. The lowest BCUT2D eigenvalue weighted by atomic mass is 9.58. The minimum Gasteiger partial charge on any atom is -0.325 e. The lowest BCUT2D eigenvalue weighted by molar-refractivity contribution is 0.0474. The SMILES string of the molecule is Cn1ncnc1CC1(N)CC(C)(C)CC(C)(C)C1. The van der Waals surface area contributed by atoms with Gasteiger partial charge in [-0.05, 0) is 30.1 Å². The van der Waals surface area contributed by atoms with Crippen LogP contribution in [0.4, 0.5) is 0 Å². The fourth-order valence-electron chi connectivity index (χ4n) is 4.31. The average molecular weight is 250 g/mol. The molecule has 2 N–H and O–H groups in total. The van der Waals surface area contributed by atoms with Crippen LogP contribution in [0.25, 0.3) is 0 Å². The van der Waals surface area contributed by atoms with Gasteiger partial charge in [-0.15, -0.1) is 0 Å². The third-order valence-corrected chi connectivity index (χ3v) is 3.93. The van der Waals surface area contributed by atoms with Crippen LogP contribution >= 0.6 is 0 Å². The Balaban J connectivity index is 2.22. The van der Waals surface area contributed by atoms with Crippen molar-refractivity contribution in [2.45, 2.75) is 58.9 Å². The van der Waals surface area contributed by atoms with Gasteiger partial charge < -0.3 is 5.73 Å². The first-order valence-corrected chi connectivity index (χ1v) is 6.73. The Morgan fingerprint density at radius 1 is 1.17 bits per heavy atom. The molecule has 0 amide bonds. The molecular weight excluding hydrogens is 224 g/mol. The van der Waals surface area contributed by atoms with Gasteiger partial charge in [0.05, 0.1) is 0 Å². The first-order valence-electron chi connectivity index (χ1n) is 6.73. The molecule has 18 heavy (non-hydrogen) atoms. The normalized spacial score (nSPS) is 25.0. The molecule has 1 heterocycles. The smallest absolute Gasteiger partial charge is 0.138 e. The minimum atomic E-state index is -0.161. The predicted molar refractivity (Wildman–Crippen MR) is 73.0 cm³/mol. The van der Waals surface area contributed by atoms with Crippen molar-refractivity contribution >= 4 is 0 Å². The highest BCUT2D eigenvalue weighted by Crippen LogP contribution is 2.49. The van der Waals surface area contributed by atoms with Crippen molar-refractivity contribution in [2.75, 3.05) is 0 Å². The van der Waals surface area contributed by atoms with E-state index in [0.717, 1.165) is 25.1 Å². The highest BCUT2D eigenvalue weighted by atomic mass is 15.3. The third-order valence-electron chi connectivity index (χ3n) is 3.93. The van der Waals surface area contributed by atoms with Crippen molar-refractivity contribution in [3.8, 4) is 0 Å². The van der Waals surface area contributed by atoms with Crippen molar-refractivity contribution in [1.82, 2.24) is 14.8 Å². The molecule has 4 heteroatoms. The Morgan fingerprint density at radius 3 is 2.17 bits per heavy atom. The average Bonchev–Trinajstić information content (AvgIpc) is 2.43. The van der Waals surface area contributed by atoms with Gasteiger partial charge in [-0.2, -0.15) is 5.10 Å². The summed E-state index contributed by atoms with van der Waals surface area (Å²) in [5.74, 6) is 0.992. The van der Waals surface area contributed by atoms with Crippen LogP contribution in [-0.2, 0) is 13.5 Å². The number of aryl methyl sites for hydroxylation is 1. The van der Waals surface area contributed by atoms with Gasteiger partial charge in [0.2, 0.25) is 0 Å². The lowest BCUT2D eigenvalue weighted by Gasteiger charge is -2.50. The molecule has 1 fully saturated rings. The molecule has 4 nitrogen and oxygen atoms in total. The topological polar surface area (TPSA) is 56.7 Å². The van der Waals surface area contributed by atoms with E-state index in [-0.39, 0.29) is 5.54 Å². The highest BCUT2D eigenvalue weighted by Gasteiger charge is 2.45. The number of rotatable bonds is 2. The minimum absolute atomic E-state index is 0.161. The molecule has 0 atom stereocenters. The third kappa shape index (κ3) is 2.91. The second-order valence-electron chi connectivity index (χ2n) is 7.70. The van der Waals surface area contributed by atoms with Crippen LogP contribution in [0.15, 0.2) is 6.33 Å². The van der Waals surface area contributed by atoms with E-state index in [4.69, 9.17) is 5.73 Å². The quantitative estimate of drug-likeness (QED) is 0.876. The number of aromatic nitrogens is 3. The monoisotopic (exact) mass is 250 g/mol. The predicted octanol–water partition coefficient (Wildman–Crippen LogP) is 2.29. The summed E-state index contributed by atoms with van der Waals surface area (Å²) in [7, 11) is 1.94. The Morgan fingerprint density at radius 2 is 1.72 bits per heavy atom. The first kappa shape index (κ1) is 13.5. The molecule has 1 saturated carbocycles. The van der Waals surface area contributed by atoms with Gasteiger partial charge in [0.15, 0.2) is 0 Å². The van der Waals surface area contributed by atoms with Gasteiger partial charge in [0.1, 0.15) is 12.2 Å². The second kappa shape index (κ2) is 4.05. The second-order valence-corrected chi connectivity index (χ2v) is 7.70. The van der Waals surface area contributed by atoms with Gasteiger partial charge in [-0.3, -0.25) is 4.68 Å². The molecule has 1 aromatic rings. The van der Waals surface area contributed by atoms with Crippen LogP contribution in [0, 0.1) is 10.8 Å². The van der Waals surface area contributed by atoms with Crippen LogP contribution in [-0.4, -0.2) is 20.3 Å². The van der Waals surface area contributed by atoms with Crippen molar-refractivity contribution in [3.63, 3.8) is 0 Å². The summed E-state index contributed by atoms with van der Waals surface area (Å²) in [6.07, 6.45) is 5.76. The van der Waals surface area contributed by atoms with E-state index in [1.165, 1.54) is 6.42 Å². The number of hydrogen-bond acceptors (Lipinski definition) is 3. The molecule has 0 bridgehead atoms. The molecule has 102 valence electrons. The standard InChI is InChI=1S/C14H26N4/c1-12(2)7-13(3,4)9-14(15,8-12)6-11-16-10-17-18(11)5/h10H,6-9,15H2,1-5H3. The molecule has 0 saturated heterocycles. The Labute approximate surface area is 110 Å². The van der Waals surface area contributed by atoms with Gasteiger partial charge in [0, 0.05) is 19.0 Å². The van der Waals surface area contributed by atoms with Crippen LogP contribution in [0.3, 0.4) is 0 Å². The summed E-state index contributed by atoms with van der Waals surface area (Å²) in [5.41, 5.74) is 7.13. The lowest BCUT2D eigenvalue weighted by Crippen LogP contribution is -2.53. The van der Waals surface area contributed by atoms with E-state index >= 15 is 0 Å². The first-order chi connectivity index (χ1) is 8.11. The zero-order valence-electron chi connectivity index (χ0n) is 12.3. The molecular formula is C14H26N4. The molecule has 1 aromatic heterocycles. The summed E-state index contributed by atoms with van der Waals surface area (Å²) < 4.78 is 1.84. The summed E-state index contributed by atoms with van der Waals surface area (Å²) in [5, 5.41) is 4.14. The number of nitrogens with two attached hydrogens (primary N) is 1. The largest absolute Gasteiger partial charge is 0.325 e. The summed E-state index contributed by atoms with van der Waals surface area (Å²) in [4.78, 5) is 4.32.